The lowest BCUT2D eigenvalue weighted by Gasteiger charge is -2.14. The summed E-state index contributed by atoms with van der Waals surface area (Å²) in [5, 5.41) is 10.5. The van der Waals surface area contributed by atoms with E-state index in [4.69, 9.17) is 16.3 Å². The minimum atomic E-state index is -0.982. The number of hydrogen-bond donors (Lipinski definition) is 2. The third kappa shape index (κ3) is 4.38. The Morgan fingerprint density at radius 2 is 2.10 bits per heavy atom. The highest BCUT2D eigenvalue weighted by Gasteiger charge is 2.20. The van der Waals surface area contributed by atoms with Gasteiger partial charge in [0, 0.05) is 42.3 Å². The number of likely N-dealkylation sites (tertiary alicyclic amines) is 1. The maximum atomic E-state index is 13.2. The van der Waals surface area contributed by atoms with Crippen LogP contribution in [0.4, 0.5) is 4.39 Å². The minimum Gasteiger partial charge on any atom is -0.494 e. The molecule has 3 aromatic rings. The third-order valence-corrected chi connectivity index (χ3v) is 5.58. The molecule has 0 amide bonds. The SMILES string of the molecule is O=C(O)c1c[nH]c2cc(Cl)c(-c3ccc(OCCCN4CC[C@@H](F)C4)cc3)cc12. The van der Waals surface area contributed by atoms with Crippen molar-refractivity contribution >= 4 is 28.5 Å². The number of nitrogens with one attached hydrogen (secondary N) is 1. The molecule has 1 fully saturated rings. The highest BCUT2D eigenvalue weighted by atomic mass is 35.5. The Morgan fingerprint density at radius 1 is 1.31 bits per heavy atom. The molecule has 0 saturated carbocycles. The van der Waals surface area contributed by atoms with Crippen LogP contribution in [0.3, 0.4) is 0 Å². The van der Waals surface area contributed by atoms with Gasteiger partial charge < -0.3 is 19.7 Å². The van der Waals surface area contributed by atoms with E-state index in [0.717, 1.165) is 36.4 Å². The van der Waals surface area contributed by atoms with Gasteiger partial charge in [-0.15, -0.1) is 0 Å². The summed E-state index contributed by atoms with van der Waals surface area (Å²) >= 11 is 6.41. The third-order valence-electron chi connectivity index (χ3n) is 5.27. The molecule has 1 aliphatic heterocycles. The number of hydrogen-bond acceptors (Lipinski definition) is 3. The molecule has 152 valence electrons. The Morgan fingerprint density at radius 3 is 2.79 bits per heavy atom. The highest BCUT2D eigenvalue weighted by Crippen LogP contribution is 2.34. The van der Waals surface area contributed by atoms with E-state index in [1.807, 2.05) is 24.3 Å². The molecule has 0 radical (unpaired) electrons. The second-order valence-electron chi connectivity index (χ2n) is 7.30. The number of carboxylic acid groups (broad SMARTS) is 1. The normalized spacial score (nSPS) is 17.1. The standard InChI is InChI=1S/C22H22ClFN2O3/c23-20-11-21-18(19(12-25-21)22(27)28)10-17(20)14-2-4-16(5-3-14)29-9-1-7-26-8-6-15(24)13-26/h2-5,10-12,15,25H,1,6-9,13H2,(H,27,28)/t15-/m1/s1. The smallest absolute Gasteiger partial charge is 0.337 e. The van der Waals surface area contributed by atoms with Crippen LogP contribution in [0.1, 0.15) is 23.2 Å². The summed E-state index contributed by atoms with van der Waals surface area (Å²) in [5.41, 5.74) is 2.55. The zero-order valence-electron chi connectivity index (χ0n) is 15.8. The van der Waals surface area contributed by atoms with Crippen LogP contribution in [-0.2, 0) is 0 Å². The van der Waals surface area contributed by atoms with Crippen molar-refractivity contribution in [2.75, 3.05) is 26.2 Å². The number of carbonyl (C=O) groups is 1. The van der Waals surface area contributed by atoms with Crippen LogP contribution < -0.4 is 4.74 Å². The lowest BCUT2D eigenvalue weighted by Crippen LogP contribution is -2.23. The van der Waals surface area contributed by atoms with Crippen LogP contribution in [0.5, 0.6) is 5.75 Å². The number of benzene rings is 2. The lowest BCUT2D eigenvalue weighted by molar-refractivity contribution is 0.0699. The fourth-order valence-corrected chi connectivity index (χ4v) is 4.01. The molecule has 7 heteroatoms. The molecule has 1 atom stereocenters. The van der Waals surface area contributed by atoms with Crippen molar-refractivity contribution in [2.24, 2.45) is 0 Å². The molecule has 2 N–H and O–H groups in total. The molecule has 29 heavy (non-hydrogen) atoms. The zero-order chi connectivity index (χ0) is 20.4. The summed E-state index contributed by atoms with van der Waals surface area (Å²) in [6.07, 6.45) is 2.27. The van der Waals surface area contributed by atoms with Gasteiger partial charge in [0.15, 0.2) is 0 Å². The molecule has 1 aliphatic rings. The molecule has 2 aromatic carbocycles. The van der Waals surface area contributed by atoms with Crippen LogP contribution in [-0.4, -0.2) is 53.4 Å². The van der Waals surface area contributed by atoms with Gasteiger partial charge in [-0.05, 0) is 42.7 Å². The predicted molar refractivity (Wildman–Crippen MR) is 112 cm³/mol. The van der Waals surface area contributed by atoms with E-state index in [2.05, 4.69) is 9.88 Å². The summed E-state index contributed by atoms with van der Waals surface area (Å²) in [5.74, 6) is -0.229. The molecule has 0 spiro atoms. The number of nitrogens with zero attached hydrogens (tertiary/aromatic N) is 1. The summed E-state index contributed by atoms with van der Waals surface area (Å²) in [6.45, 7) is 2.78. The summed E-state index contributed by atoms with van der Waals surface area (Å²) in [7, 11) is 0. The summed E-state index contributed by atoms with van der Waals surface area (Å²) in [6, 6.07) is 11.1. The van der Waals surface area contributed by atoms with E-state index in [-0.39, 0.29) is 5.56 Å². The van der Waals surface area contributed by atoms with E-state index >= 15 is 0 Å². The number of alkyl halides is 1. The maximum Gasteiger partial charge on any atom is 0.337 e. The second-order valence-corrected chi connectivity index (χ2v) is 7.71. The number of aromatic nitrogens is 1. The van der Waals surface area contributed by atoms with Crippen LogP contribution in [0.2, 0.25) is 5.02 Å². The monoisotopic (exact) mass is 416 g/mol. The van der Waals surface area contributed by atoms with E-state index < -0.39 is 12.1 Å². The molecule has 1 saturated heterocycles. The number of aromatic carboxylic acids is 1. The summed E-state index contributed by atoms with van der Waals surface area (Å²) < 4.78 is 19.0. The first-order chi connectivity index (χ1) is 14.0. The maximum absolute atomic E-state index is 13.2. The van der Waals surface area contributed by atoms with Crippen molar-refractivity contribution < 1.29 is 19.0 Å². The molecular weight excluding hydrogens is 395 g/mol. The van der Waals surface area contributed by atoms with Crippen molar-refractivity contribution in [3.8, 4) is 16.9 Å². The van der Waals surface area contributed by atoms with Gasteiger partial charge in [0.2, 0.25) is 0 Å². The van der Waals surface area contributed by atoms with Gasteiger partial charge in [-0.25, -0.2) is 9.18 Å². The number of rotatable bonds is 7. The molecule has 4 rings (SSSR count). The highest BCUT2D eigenvalue weighted by molar-refractivity contribution is 6.34. The number of fused-ring (bicyclic) bond motifs is 1. The Hall–Kier alpha value is -2.57. The van der Waals surface area contributed by atoms with Crippen molar-refractivity contribution in [1.82, 2.24) is 9.88 Å². The van der Waals surface area contributed by atoms with Crippen molar-refractivity contribution in [3.63, 3.8) is 0 Å². The molecule has 0 bridgehead atoms. The van der Waals surface area contributed by atoms with Gasteiger partial charge in [-0.3, -0.25) is 0 Å². The quantitative estimate of drug-likeness (QED) is 0.532. The first-order valence-corrected chi connectivity index (χ1v) is 10.0. The first kappa shape index (κ1) is 19.7. The average Bonchev–Trinajstić information content (AvgIpc) is 3.31. The average molecular weight is 417 g/mol. The second kappa shape index (κ2) is 8.43. The molecule has 2 heterocycles. The fourth-order valence-electron chi connectivity index (χ4n) is 3.74. The minimum absolute atomic E-state index is 0.218. The van der Waals surface area contributed by atoms with Gasteiger partial charge in [-0.2, -0.15) is 0 Å². The van der Waals surface area contributed by atoms with Crippen LogP contribution in [0.25, 0.3) is 22.0 Å². The summed E-state index contributed by atoms with van der Waals surface area (Å²) in [4.78, 5) is 16.5. The largest absolute Gasteiger partial charge is 0.494 e. The van der Waals surface area contributed by atoms with Gasteiger partial charge in [0.25, 0.3) is 0 Å². The number of halogens is 2. The number of carboxylic acids is 1. The van der Waals surface area contributed by atoms with Crippen LogP contribution in [0.15, 0.2) is 42.6 Å². The van der Waals surface area contributed by atoms with Crippen molar-refractivity contribution in [2.45, 2.75) is 19.0 Å². The molecule has 1 aromatic heterocycles. The molecule has 5 nitrogen and oxygen atoms in total. The van der Waals surface area contributed by atoms with Crippen LogP contribution >= 0.6 is 11.6 Å². The number of ether oxygens (including phenoxy) is 1. The van der Waals surface area contributed by atoms with Crippen molar-refractivity contribution in [3.05, 3.63) is 53.2 Å². The van der Waals surface area contributed by atoms with Crippen LogP contribution in [0, 0.1) is 0 Å². The van der Waals surface area contributed by atoms with E-state index in [1.165, 1.54) is 6.20 Å². The molecular formula is C22H22ClFN2O3. The first-order valence-electron chi connectivity index (χ1n) is 9.65. The topological polar surface area (TPSA) is 65.6 Å². The predicted octanol–water partition coefficient (Wildman–Crippen LogP) is 5.00. The zero-order valence-corrected chi connectivity index (χ0v) is 16.6. The molecule has 0 unspecified atom stereocenters. The Balaban J connectivity index is 1.41. The number of aromatic amines is 1. The van der Waals surface area contributed by atoms with Gasteiger partial charge in [0.05, 0.1) is 17.2 Å². The van der Waals surface area contributed by atoms with E-state index in [1.54, 1.807) is 12.1 Å². The van der Waals surface area contributed by atoms with Gasteiger partial charge in [-0.1, -0.05) is 23.7 Å². The van der Waals surface area contributed by atoms with E-state index in [9.17, 15) is 14.3 Å². The Labute approximate surface area is 173 Å². The fraction of sp³-hybridized carbons (Fsp3) is 0.318. The Kier molecular flexibility index (Phi) is 5.74. The Bertz CT molecular complexity index is 1020. The van der Waals surface area contributed by atoms with E-state index in [0.29, 0.717) is 35.5 Å². The molecule has 0 aliphatic carbocycles. The lowest BCUT2D eigenvalue weighted by atomic mass is 10.0. The van der Waals surface area contributed by atoms with Gasteiger partial charge in [0.1, 0.15) is 11.9 Å². The number of H-pyrrole nitrogens is 1. The van der Waals surface area contributed by atoms with Crippen molar-refractivity contribution in [1.29, 1.82) is 0 Å². The van der Waals surface area contributed by atoms with Gasteiger partial charge >= 0.3 is 5.97 Å².